The van der Waals surface area contributed by atoms with E-state index in [1.807, 2.05) is 13.8 Å². The van der Waals surface area contributed by atoms with Gasteiger partial charge in [0.25, 0.3) is 5.56 Å². The van der Waals surface area contributed by atoms with Crippen molar-refractivity contribution in [2.24, 2.45) is 0 Å². The van der Waals surface area contributed by atoms with Crippen LogP contribution in [-0.2, 0) is 4.79 Å². The molecule has 21 heavy (non-hydrogen) atoms. The number of hydrogen-bond donors (Lipinski definition) is 3. The van der Waals surface area contributed by atoms with Crippen LogP contribution in [0.4, 0.5) is 0 Å². The summed E-state index contributed by atoms with van der Waals surface area (Å²) in [6.07, 6.45) is 3.72. The number of carbonyl (C=O) groups is 1. The minimum atomic E-state index is -0.891. The van der Waals surface area contributed by atoms with Crippen LogP contribution in [0, 0.1) is 0 Å². The summed E-state index contributed by atoms with van der Waals surface area (Å²) in [5.74, 6) is -0.0254. The monoisotopic (exact) mass is 313 g/mol. The molecule has 0 saturated heterocycles. The fraction of sp³-hybridized carbons (Fsp3) is 0.643. The SMILES string of the molecule is CC(C)NC(C)(CCCCSc1nccc(=O)[nH]1)C(=O)O. The maximum absolute atomic E-state index is 11.4. The maximum Gasteiger partial charge on any atom is 0.323 e. The number of carboxylic acids is 1. The largest absolute Gasteiger partial charge is 0.480 e. The van der Waals surface area contributed by atoms with E-state index < -0.39 is 11.5 Å². The van der Waals surface area contributed by atoms with Crippen molar-refractivity contribution in [3.63, 3.8) is 0 Å². The van der Waals surface area contributed by atoms with Gasteiger partial charge in [-0.1, -0.05) is 18.2 Å². The molecular formula is C14H23N3O3S. The molecule has 3 N–H and O–H groups in total. The van der Waals surface area contributed by atoms with Crippen LogP contribution in [-0.4, -0.2) is 38.4 Å². The Kier molecular flexibility index (Phi) is 6.91. The van der Waals surface area contributed by atoms with Crippen LogP contribution in [0.1, 0.15) is 40.0 Å². The Morgan fingerprint density at radius 3 is 2.81 bits per heavy atom. The molecular weight excluding hydrogens is 290 g/mol. The van der Waals surface area contributed by atoms with Crippen molar-refractivity contribution in [2.75, 3.05) is 5.75 Å². The highest BCUT2D eigenvalue weighted by atomic mass is 32.2. The molecule has 0 bridgehead atoms. The smallest absolute Gasteiger partial charge is 0.323 e. The van der Waals surface area contributed by atoms with Gasteiger partial charge in [-0.2, -0.15) is 0 Å². The van der Waals surface area contributed by atoms with Crippen molar-refractivity contribution in [3.05, 3.63) is 22.6 Å². The third kappa shape index (κ3) is 6.31. The lowest BCUT2D eigenvalue weighted by atomic mass is 9.94. The molecule has 1 aromatic rings. The zero-order valence-electron chi connectivity index (χ0n) is 12.7. The molecule has 7 heteroatoms. The number of nitrogens with one attached hydrogen (secondary N) is 2. The highest BCUT2D eigenvalue weighted by Gasteiger charge is 2.32. The number of unbranched alkanes of at least 4 members (excludes halogenated alkanes) is 1. The van der Waals surface area contributed by atoms with Crippen LogP contribution in [0.25, 0.3) is 0 Å². The Labute approximate surface area is 128 Å². The Morgan fingerprint density at radius 2 is 2.24 bits per heavy atom. The lowest BCUT2D eigenvalue weighted by molar-refractivity contribution is -0.144. The van der Waals surface area contributed by atoms with E-state index in [9.17, 15) is 14.7 Å². The minimum absolute atomic E-state index is 0.124. The number of rotatable bonds is 9. The molecule has 0 aliphatic carbocycles. The predicted molar refractivity (Wildman–Crippen MR) is 83.7 cm³/mol. The third-order valence-electron chi connectivity index (χ3n) is 3.04. The van der Waals surface area contributed by atoms with Gasteiger partial charge in [0, 0.05) is 24.1 Å². The van der Waals surface area contributed by atoms with Gasteiger partial charge in [0.1, 0.15) is 5.54 Å². The van der Waals surface area contributed by atoms with E-state index in [4.69, 9.17) is 0 Å². The van der Waals surface area contributed by atoms with Gasteiger partial charge in [0.05, 0.1) is 0 Å². The van der Waals surface area contributed by atoms with Gasteiger partial charge in [-0.15, -0.1) is 0 Å². The molecule has 1 atom stereocenters. The number of carboxylic acid groups (broad SMARTS) is 1. The third-order valence-corrected chi connectivity index (χ3v) is 4.01. The molecule has 1 aromatic heterocycles. The van der Waals surface area contributed by atoms with Crippen LogP contribution in [0.3, 0.4) is 0 Å². The van der Waals surface area contributed by atoms with Gasteiger partial charge in [-0.05, 0) is 33.6 Å². The summed E-state index contributed by atoms with van der Waals surface area (Å²) in [4.78, 5) is 29.2. The van der Waals surface area contributed by atoms with Crippen molar-refractivity contribution in [1.82, 2.24) is 15.3 Å². The molecule has 0 amide bonds. The average Bonchev–Trinajstić information content (AvgIpc) is 2.37. The van der Waals surface area contributed by atoms with Crippen molar-refractivity contribution in [3.8, 4) is 0 Å². The summed E-state index contributed by atoms with van der Waals surface area (Å²) in [5, 5.41) is 13.0. The van der Waals surface area contributed by atoms with E-state index in [0.717, 1.165) is 18.6 Å². The van der Waals surface area contributed by atoms with E-state index in [0.29, 0.717) is 11.6 Å². The number of aliphatic carboxylic acids is 1. The van der Waals surface area contributed by atoms with E-state index >= 15 is 0 Å². The summed E-state index contributed by atoms with van der Waals surface area (Å²) in [6, 6.07) is 1.50. The number of aromatic nitrogens is 2. The lowest BCUT2D eigenvalue weighted by Crippen LogP contribution is -2.52. The number of hydrogen-bond acceptors (Lipinski definition) is 5. The van der Waals surface area contributed by atoms with Crippen LogP contribution in [0.2, 0.25) is 0 Å². The first kappa shape index (κ1) is 17.7. The molecule has 0 aliphatic rings. The average molecular weight is 313 g/mol. The van der Waals surface area contributed by atoms with E-state index in [2.05, 4.69) is 15.3 Å². The van der Waals surface area contributed by atoms with Crippen molar-refractivity contribution < 1.29 is 9.90 Å². The highest BCUT2D eigenvalue weighted by molar-refractivity contribution is 7.99. The van der Waals surface area contributed by atoms with E-state index in [1.54, 1.807) is 6.92 Å². The Bertz CT molecular complexity index is 518. The zero-order chi connectivity index (χ0) is 15.9. The van der Waals surface area contributed by atoms with E-state index in [-0.39, 0.29) is 11.6 Å². The lowest BCUT2D eigenvalue weighted by Gasteiger charge is -2.28. The molecule has 1 heterocycles. The van der Waals surface area contributed by atoms with Gasteiger partial charge in [0.15, 0.2) is 5.16 Å². The standard InChI is InChI=1S/C14H23N3O3S/c1-10(2)17-14(3,12(19)20)7-4-5-9-21-13-15-8-6-11(18)16-13/h6,8,10,17H,4-5,7,9H2,1-3H3,(H,19,20)(H,15,16,18). The molecule has 0 fully saturated rings. The first-order valence-corrected chi connectivity index (χ1v) is 8.01. The highest BCUT2D eigenvalue weighted by Crippen LogP contribution is 2.18. The second-order valence-corrected chi connectivity index (χ2v) is 6.56. The molecule has 1 unspecified atom stereocenters. The summed E-state index contributed by atoms with van der Waals surface area (Å²) in [7, 11) is 0. The molecule has 6 nitrogen and oxygen atoms in total. The first-order chi connectivity index (χ1) is 9.83. The van der Waals surface area contributed by atoms with Crippen molar-refractivity contribution >= 4 is 17.7 Å². The Morgan fingerprint density at radius 1 is 1.52 bits per heavy atom. The van der Waals surface area contributed by atoms with Gasteiger partial charge >= 0.3 is 5.97 Å². The number of H-pyrrole nitrogens is 1. The molecule has 0 aromatic carbocycles. The Balaban J connectivity index is 2.35. The van der Waals surface area contributed by atoms with Gasteiger partial charge < -0.3 is 10.1 Å². The predicted octanol–water partition coefficient (Wildman–Crippen LogP) is 1.87. The molecule has 1 rings (SSSR count). The molecule has 0 aliphatic heterocycles. The summed E-state index contributed by atoms with van der Waals surface area (Å²) >= 11 is 1.47. The van der Waals surface area contributed by atoms with Crippen molar-refractivity contribution in [2.45, 2.75) is 56.8 Å². The number of aromatic amines is 1. The van der Waals surface area contributed by atoms with Crippen LogP contribution in [0.5, 0.6) is 0 Å². The minimum Gasteiger partial charge on any atom is -0.480 e. The van der Waals surface area contributed by atoms with Gasteiger partial charge in [-0.3, -0.25) is 14.9 Å². The molecule has 118 valence electrons. The molecule has 0 saturated carbocycles. The summed E-state index contributed by atoms with van der Waals surface area (Å²) < 4.78 is 0. The summed E-state index contributed by atoms with van der Waals surface area (Å²) in [6.45, 7) is 5.60. The quantitative estimate of drug-likeness (QED) is 0.366. The van der Waals surface area contributed by atoms with Crippen molar-refractivity contribution in [1.29, 1.82) is 0 Å². The number of thioether (sulfide) groups is 1. The molecule has 0 spiro atoms. The maximum atomic E-state index is 11.4. The number of nitrogens with zero attached hydrogens (tertiary/aromatic N) is 1. The van der Waals surface area contributed by atoms with Gasteiger partial charge in [0.2, 0.25) is 0 Å². The first-order valence-electron chi connectivity index (χ1n) is 7.03. The van der Waals surface area contributed by atoms with Crippen LogP contribution >= 0.6 is 11.8 Å². The zero-order valence-corrected chi connectivity index (χ0v) is 13.5. The van der Waals surface area contributed by atoms with Gasteiger partial charge in [-0.25, -0.2) is 4.98 Å². The molecule has 0 radical (unpaired) electrons. The summed E-state index contributed by atoms with van der Waals surface area (Å²) in [5.41, 5.74) is -1.05. The fourth-order valence-corrected chi connectivity index (χ4v) is 2.90. The van der Waals surface area contributed by atoms with Crippen LogP contribution < -0.4 is 10.9 Å². The second-order valence-electron chi connectivity index (χ2n) is 5.48. The topological polar surface area (TPSA) is 95.1 Å². The van der Waals surface area contributed by atoms with Crippen LogP contribution in [0.15, 0.2) is 22.2 Å². The Hall–Kier alpha value is -1.34. The second kappa shape index (κ2) is 8.19. The fourth-order valence-electron chi connectivity index (χ4n) is 2.05. The normalized spacial score (nSPS) is 14.1. The van der Waals surface area contributed by atoms with E-state index in [1.165, 1.54) is 24.0 Å².